The van der Waals surface area contributed by atoms with Gasteiger partial charge in [0.1, 0.15) is 0 Å². The van der Waals surface area contributed by atoms with Crippen molar-refractivity contribution in [1.82, 2.24) is 0 Å². The fraction of sp³-hybridized carbons (Fsp3) is 0.455. The third kappa shape index (κ3) is 3.26. The fourth-order valence-electron chi connectivity index (χ4n) is 5.43. The standard InChI is InChI=1S/C22H22O15/c1-9-5-3-7-19(11(23)24,21(9,13(27)28)14(29)30)17(35)37-18(36)20(12(25)26)8-4-6-10(2)22(20,15(31)32)16(33)34/h5-6H,3-4,7-8H2,1-2H3,(H,23,24)(H,25,26)(H,27,28)(H,29,30)(H,31,32)(H,33,34). The van der Waals surface area contributed by atoms with Gasteiger partial charge in [0.05, 0.1) is 0 Å². The summed E-state index contributed by atoms with van der Waals surface area (Å²) in [4.78, 5) is 100. The van der Waals surface area contributed by atoms with Crippen LogP contribution in [0.5, 0.6) is 0 Å². The maximum absolute atomic E-state index is 13.3. The highest BCUT2D eigenvalue weighted by Crippen LogP contribution is 2.56. The lowest BCUT2D eigenvalue weighted by atomic mass is 9.54. The van der Waals surface area contributed by atoms with Gasteiger partial charge < -0.3 is 35.4 Å². The zero-order valence-electron chi connectivity index (χ0n) is 19.3. The molecule has 0 aromatic carbocycles. The summed E-state index contributed by atoms with van der Waals surface area (Å²) in [6, 6.07) is 0. The minimum absolute atomic E-state index is 0.371. The molecule has 0 spiro atoms. The number of carboxylic acid groups (broad SMARTS) is 6. The molecule has 6 N–H and O–H groups in total. The summed E-state index contributed by atoms with van der Waals surface area (Å²) < 4.78 is 4.52. The SMILES string of the molecule is CC1=CCCC(C(=O)O)(C(=O)OC(=O)C2(C(=O)O)CCC=C(C)C2(C(=O)O)C(=O)O)C1(C(=O)O)C(=O)O. The van der Waals surface area contributed by atoms with Gasteiger partial charge in [-0.25, -0.2) is 0 Å². The van der Waals surface area contributed by atoms with Crippen LogP contribution < -0.4 is 0 Å². The van der Waals surface area contributed by atoms with Gasteiger partial charge in [0.2, 0.25) is 10.8 Å². The van der Waals surface area contributed by atoms with Gasteiger partial charge in [0, 0.05) is 0 Å². The van der Waals surface area contributed by atoms with Crippen molar-refractivity contribution in [3.05, 3.63) is 23.3 Å². The summed E-state index contributed by atoms with van der Waals surface area (Å²) in [5.74, 6) is -18.5. The minimum atomic E-state index is -3.52. The zero-order chi connectivity index (χ0) is 28.7. The van der Waals surface area contributed by atoms with Crippen molar-refractivity contribution in [3.8, 4) is 0 Å². The molecular formula is C22H22O15. The van der Waals surface area contributed by atoms with Gasteiger partial charge >= 0.3 is 47.8 Å². The molecule has 0 saturated heterocycles. The van der Waals surface area contributed by atoms with E-state index >= 15 is 0 Å². The molecule has 0 aromatic rings. The molecule has 0 saturated carbocycles. The summed E-state index contributed by atoms with van der Waals surface area (Å²) >= 11 is 0. The van der Waals surface area contributed by atoms with Gasteiger partial charge in [-0.15, -0.1) is 0 Å². The normalized spacial score (nSPS) is 26.0. The molecule has 2 aliphatic rings. The van der Waals surface area contributed by atoms with E-state index in [-0.39, 0.29) is 12.8 Å². The number of carboxylic acids is 6. The van der Waals surface area contributed by atoms with E-state index in [1.807, 2.05) is 0 Å². The predicted octanol–water partition coefficient (Wildman–Crippen LogP) is -0.0104. The van der Waals surface area contributed by atoms with Crippen LogP contribution in [0, 0.1) is 21.7 Å². The average molecular weight is 526 g/mol. The molecule has 0 fully saturated rings. The van der Waals surface area contributed by atoms with Crippen LogP contribution in [0.15, 0.2) is 23.3 Å². The highest BCUT2D eigenvalue weighted by molar-refractivity contribution is 6.20. The summed E-state index contributed by atoms with van der Waals surface area (Å²) in [5, 5.41) is 59.2. The predicted molar refractivity (Wildman–Crippen MR) is 113 cm³/mol. The molecule has 0 radical (unpaired) electrons. The molecule has 2 atom stereocenters. The average Bonchev–Trinajstić information content (AvgIpc) is 2.76. The first-order valence-corrected chi connectivity index (χ1v) is 10.5. The number of rotatable bonds is 8. The fourth-order valence-corrected chi connectivity index (χ4v) is 5.43. The Labute approximate surface area is 206 Å². The number of hydrogen-bond acceptors (Lipinski definition) is 9. The maximum Gasteiger partial charge on any atom is 0.333 e. The first kappa shape index (κ1) is 28.7. The van der Waals surface area contributed by atoms with Gasteiger partial charge in [-0.1, -0.05) is 12.2 Å². The van der Waals surface area contributed by atoms with E-state index in [0.717, 1.165) is 26.0 Å². The quantitative estimate of drug-likeness (QED) is 0.138. The molecule has 2 rings (SSSR count). The monoisotopic (exact) mass is 526 g/mol. The highest BCUT2D eigenvalue weighted by Gasteiger charge is 2.77. The molecule has 200 valence electrons. The van der Waals surface area contributed by atoms with Crippen molar-refractivity contribution in [2.24, 2.45) is 21.7 Å². The number of hydrogen-bond donors (Lipinski definition) is 6. The van der Waals surface area contributed by atoms with Crippen LogP contribution in [0.2, 0.25) is 0 Å². The van der Waals surface area contributed by atoms with Crippen LogP contribution in [0.25, 0.3) is 0 Å². The Morgan fingerprint density at radius 3 is 1.05 bits per heavy atom. The van der Waals surface area contributed by atoms with Gasteiger partial charge in [-0.2, -0.15) is 0 Å². The van der Waals surface area contributed by atoms with Crippen molar-refractivity contribution < 1.29 is 73.7 Å². The summed E-state index contributed by atoms with van der Waals surface area (Å²) in [7, 11) is 0. The van der Waals surface area contributed by atoms with E-state index in [1.165, 1.54) is 0 Å². The third-order valence-corrected chi connectivity index (χ3v) is 7.30. The van der Waals surface area contributed by atoms with Crippen LogP contribution >= 0.6 is 0 Å². The number of esters is 2. The Balaban J connectivity index is 2.85. The smallest absolute Gasteiger partial charge is 0.333 e. The molecule has 2 aliphatic carbocycles. The van der Waals surface area contributed by atoms with E-state index in [0.29, 0.717) is 0 Å². The van der Waals surface area contributed by atoms with Crippen molar-refractivity contribution in [3.63, 3.8) is 0 Å². The molecule has 0 amide bonds. The second-order valence-corrected chi connectivity index (χ2v) is 8.67. The lowest BCUT2D eigenvalue weighted by molar-refractivity contribution is -0.205. The number of aliphatic carboxylic acids is 6. The number of allylic oxidation sites excluding steroid dienone is 2. The molecule has 15 heteroatoms. The molecule has 2 unspecified atom stereocenters. The van der Waals surface area contributed by atoms with E-state index in [1.54, 1.807) is 0 Å². The molecule has 15 nitrogen and oxygen atoms in total. The second kappa shape index (κ2) is 9.15. The molecule has 0 heterocycles. The lowest BCUT2D eigenvalue weighted by Crippen LogP contribution is -2.66. The minimum Gasteiger partial charge on any atom is -0.480 e. The summed E-state index contributed by atoms with van der Waals surface area (Å²) in [6.07, 6.45) is -0.689. The number of ether oxygens (including phenoxy) is 1. The molecule has 0 bridgehead atoms. The third-order valence-electron chi connectivity index (χ3n) is 7.30. The Kier molecular flexibility index (Phi) is 7.09. The van der Waals surface area contributed by atoms with Crippen LogP contribution in [0.1, 0.15) is 39.5 Å². The van der Waals surface area contributed by atoms with Crippen LogP contribution in [0.4, 0.5) is 0 Å². The van der Waals surface area contributed by atoms with E-state index < -0.39 is 93.4 Å². The van der Waals surface area contributed by atoms with Crippen LogP contribution in [0.3, 0.4) is 0 Å². The van der Waals surface area contributed by atoms with Crippen molar-refractivity contribution in [1.29, 1.82) is 0 Å². The topological polar surface area (TPSA) is 267 Å². The van der Waals surface area contributed by atoms with Crippen LogP contribution in [-0.2, 0) is 43.1 Å². The lowest BCUT2D eigenvalue weighted by Gasteiger charge is -2.45. The van der Waals surface area contributed by atoms with Gasteiger partial charge in [0.15, 0.2) is 10.8 Å². The van der Waals surface area contributed by atoms with Gasteiger partial charge in [-0.05, 0) is 50.7 Å². The Hall–Kier alpha value is -4.56. The van der Waals surface area contributed by atoms with Crippen LogP contribution in [-0.4, -0.2) is 78.4 Å². The molecule has 0 aliphatic heterocycles. The number of carbonyl (C=O) groups excluding carboxylic acids is 2. The van der Waals surface area contributed by atoms with E-state index in [2.05, 4.69) is 4.74 Å². The summed E-state index contributed by atoms with van der Waals surface area (Å²) in [6.45, 7) is 1.84. The first-order chi connectivity index (χ1) is 17.0. The molecule has 37 heavy (non-hydrogen) atoms. The highest BCUT2D eigenvalue weighted by atomic mass is 16.6. The second-order valence-electron chi connectivity index (χ2n) is 8.67. The van der Waals surface area contributed by atoms with Crippen molar-refractivity contribution in [2.45, 2.75) is 39.5 Å². The van der Waals surface area contributed by atoms with E-state index in [9.17, 15) is 69.0 Å². The van der Waals surface area contributed by atoms with Gasteiger partial charge in [-0.3, -0.25) is 38.4 Å². The summed E-state index contributed by atoms with van der Waals surface area (Å²) in [5.41, 5.74) is -15.3. The Bertz CT molecular complexity index is 1080. The molecular weight excluding hydrogens is 504 g/mol. The molecule has 0 aromatic heterocycles. The Morgan fingerprint density at radius 1 is 0.568 bits per heavy atom. The van der Waals surface area contributed by atoms with Crippen molar-refractivity contribution in [2.75, 3.05) is 0 Å². The largest absolute Gasteiger partial charge is 0.480 e. The Morgan fingerprint density at radius 2 is 0.838 bits per heavy atom. The maximum atomic E-state index is 13.3. The zero-order valence-corrected chi connectivity index (χ0v) is 19.3. The van der Waals surface area contributed by atoms with Gasteiger partial charge in [0.25, 0.3) is 0 Å². The van der Waals surface area contributed by atoms with E-state index in [4.69, 9.17) is 0 Å². The first-order valence-electron chi connectivity index (χ1n) is 10.5. The van der Waals surface area contributed by atoms with Crippen molar-refractivity contribution >= 4 is 47.8 Å². The number of carbonyl (C=O) groups is 8.